The number of nitrogens with two attached hydrogens (primary N) is 1. The molecule has 0 saturated carbocycles. The van der Waals surface area contributed by atoms with Gasteiger partial charge in [0.15, 0.2) is 0 Å². The first-order valence-corrected chi connectivity index (χ1v) is 7.15. The number of hydrogen-bond donors (Lipinski definition) is 2. The zero-order valence-corrected chi connectivity index (χ0v) is 13.3. The molecular weight excluding hydrogens is 304 g/mol. The maximum absolute atomic E-state index is 12.3. The Morgan fingerprint density at radius 1 is 1.19 bits per heavy atom. The third-order valence-electron chi connectivity index (χ3n) is 3.13. The van der Waals surface area contributed by atoms with Gasteiger partial charge in [-0.2, -0.15) is 0 Å². The Hall–Kier alpha value is -1.91. The second-order valence-electron chi connectivity index (χ2n) is 4.83. The minimum Gasteiger partial charge on any atom is -0.389 e. The molecule has 0 aromatic heterocycles. The molecule has 0 bridgehead atoms. The molecule has 0 radical (unpaired) electrons. The predicted octanol–water partition coefficient (Wildman–Crippen LogP) is 3.84. The van der Waals surface area contributed by atoms with E-state index in [1.807, 2.05) is 26.0 Å². The van der Waals surface area contributed by atoms with Crippen LogP contribution in [0.25, 0.3) is 0 Å². The summed E-state index contributed by atoms with van der Waals surface area (Å²) in [4.78, 5) is 12.6. The predicted molar refractivity (Wildman–Crippen MR) is 91.2 cm³/mol. The standard InChI is InChI=1S/C16H15ClN2OS/c1-9-3-5-12(10(2)7-9)16(20)19-14-6-4-11(15(18)21)8-13(14)17/h3-8H,1-2H3,(H2,18,21)(H,19,20). The van der Waals surface area contributed by atoms with Crippen molar-refractivity contribution in [2.45, 2.75) is 13.8 Å². The molecule has 0 aliphatic carbocycles. The van der Waals surface area contributed by atoms with E-state index in [4.69, 9.17) is 29.6 Å². The number of aryl methyl sites for hydroxylation is 2. The molecule has 0 unspecified atom stereocenters. The van der Waals surface area contributed by atoms with Gasteiger partial charge in [-0.3, -0.25) is 4.79 Å². The Bertz CT molecular complexity index is 728. The number of anilines is 1. The van der Waals surface area contributed by atoms with E-state index in [1.165, 1.54) is 0 Å². The number of carbonyl (C=O) groups excluding carboxylic acids is 1. The number of nitrogens with one attached hydrogen (secondary N) is 1. The molecule has 0 aliphatic heterocycles. The second kappa shape index (κ2) is 6.24. The Kier molecular flexibility index (Phi) is 4.60. The van der Waals surface area contributed by atoms with Crippen molar-refractivity contribution in [3.05, 3.63) is 63.7 Å². The Labute approximate surface area is 134 Å². The molecule has 0 fully saturated rings. The molecule has 0 saturated heterocycles. The summed E-state index contributed by atoms with van der Waals surface area (Å²) in [5.41, 5.74) is 9.39. The van der Waals surface area contributed by atoms with E-state index in [1.54, 1.807) is 24.3 Å². The van der Waals surface area contributed by atoms with Gasteiger partial charge in [0.2, 0.25) is 0 Å². The third kappa shape index (κ3) is 3.60. The first kappa shape index (κ1) is 15.5. The lowest BCUT2D eigenvalue weighted by molar-refractivity contribution is 0.102. The molecular formula is C16H15ClN2OS. The number of rotatable bonds is 3. The molecule has 0 heterocycles. The second-order valence-corrected chi connectivity index (χ2v) is 5.68. The summed E-state index contributed by atoms with van der Waals surface area (Å²) >= 11 is 11.0. The fraction of sp³-hybridized carbons (Fsp3) is 0.125. The summed E-state index contributed by atoms with van der Waals surface area (Å²) in [6.07, 6.45) is 0. The van der Waals surface area contributed by atoms with E-state index < -0.39 is 0 Å². The van der Waals surface area contributed by atoms with Crippen LogP contribution in [0.5, 0.6) is 0 Å². The zero-order chi connectivity index (χ0) is 15.6. The lowest BCUT2D eigenvalue weighted by atomic mass is 10.1. The molecule has 3 N–H and O–H groups in total. The first-order valence-electron chi connectivity index (χ1n) is 6.36. The minimum absolute atomic E-state index is 0.197. The van der Waals surface area contributed by atoms with Crippen LogP contribution in [-0.4, -0.2) is 10.9 Å². The van der Waals surface area contributed by atoms with Crippen molar-refractivity contribution in [1.29, 1.82) is 0 Å². The topological polar surface area (TPSA) is 55.1 Å². The van der Waals surface area contributed by atoms with E-state index >= 15 is 0 Å². The maximum atomic E-state index is 12.3. The zero-order valence-electron chi connectivity index (χ0n) is 11.7. The van der Waals surface area contributed by atoms with E-state index in [-0.39, 0.29) is 10.9 Å². The molecule has 2 rings (SSSR count). The van der Waals surface area contributed by atoms with Crippen LogP contribution in [0.15, 0.2) is 36.4 Å². The van der Waals surface area contributed by atoms with Crippen molar-refractivity contribution >= 4 is 40.4 Å². The van der Waals surface area contributed by atoms with Crippen molar-refractivity contribution in [3.63, 3.8) is 0 Å². The highest BCUT2D eigenvalue weighted by Crippen LogP contribution is 2.24. The fourth-order valence-electron chi connectivity index (χ4n) is 2.03. The van der Waals surface area contributed by atoms with Gasteiger partial charge in [-0.15, -0.1) is 0 Å². The Morgan fingerprint density at radius 3 is 2.48 bits per heavy atom. The van der Waals surface area contributed by atoms with E-state index in [2.05, 4.69) is 5.32 Å². The lowest BCUT2D eigenvalue weighted by Crippen LogP contribution is -2.14. The molecule has 3 nitrogen and oxygen atoms in total. The molecule has 0 atom stereocenters. The van der Waals surface area contributed by atoms with E-state index in [9.17, 15) is 4.79 Å². The van der Waals surface area contributed by atoms with Gasteiger partial charge in [0.05, 0.1) is 10.7 Å². The average Bonchev–Trinajstić information content (AvgIpc) is 2.40. The van der Waals surface area contributed by atoms with Crippen LogP contribution < -0.4 is 11.1 Å². The van der Waals surface area contributed by atoms with E-state index in [0.29, 0.717) is 21.8 Å². The van der Waals surface area contributed by atoms with Crippen LogP contribution in [0.4, 0.5) is 5.69 Å². The Morgan fingerprint density at radius 2 is 1.90 bits per heavy atom. The smallest absolute Gasteiger partial charge is 0.255 e. The van der Waals surface area contributed by atoms with Gasteiger partial charge in [0.1, 0.15) is 4.99 Å². The number of benzene rings is 2. The molecule has 2 aromatic carbocycles. The average molecular weight is 319 g/mol. The maximum Gasteiger partial charge on any atom is 0.255 e. The number of halogens is 1. The molecule has 2 aromatic rings. The van der Waals surface area contributed by atoms with Crippen molar-refractivity contribution < 1.29 is 4.79 Å². The van der Waals surface area contributed by atoms with Crippen LogP contribution in [0.1, 0.15) is 27.0 Å². The van der Waals surface area contributed by atoms with Crippen molar-refractivity contribution in [2.75, 3.05) is 5.32 Å². The fourth-order valence-corrected chi connectivity index (χ4v) is 2.38. The summed E-state index contributed by atoms with van der Waals surface area (Å²) in [5, 5.41) is 3.20. The number of hydrogen-bond acceptors (Lipinski definition) is 2. The van der Waals surface area contributed by atoms with Gasteiger partial charge in [0.25, 0.3) is 5.91 Å². The Balaban J connectivity index is 2.25. The van der Waals surface area contributed by atoms with Gasteiger partial charge in [-0.25, -0.2) is 0 Å². The number of carbonyl (C=O) groups is 1. The van der Waals surface area contributed by atoms with Gasteiger partial charge in [-0.05, 0) is 43.7 Å². The SMILES string of the molecule is Cc1ccc(C(=O)Nc2ccc(C(N)=S)cc2Cl)c(C)c1. The summed E-state index contributed by atoms with van der Waals surface area (Å²) in [6, 6.07) is 10.7. The largest absolute Gasteiger partial charge is 0.389 e. The van der Waals surface area contributed by atoms with Crippen LogP contribution in [-0.2, 0) is 0 Å². The summed E-state index contributed by atoms with van der Waals surface area (Å²) in [6.45, 7) is 3.89. The van der Waals surface area contributed by atoms with Crippen molar-refractivity contribution in [3.8, 4) is 0 Å². The number of thiocarbonyl (C=S) groups is 1. The first-order chi connectivity index (χ1) is 9.88. The van der Waals surface area contributed by atoms with Gasteiger partial charge in [-0.1, -0.05) is 41.5 Å². The lowest BCUT2D eigenvalue weighted by Gasteiger charge is -2.10. The van der Waals surface area contributed by atoms with E-state index in [0.717, 1.165) is 11.1 Å². The highest BCUT2D eigenvalue weighted by molar-refractivity contribution is 7.80. The molecule has 21 heavy (non-hydrogen) atoms. The van der Waals surface area contributed by atoms with Crippen molar-refractivity contribution in [1.82, 2.24) is 0 Å². The monoisotopic (exact) mass is 318 g/mol. The van der Waals surface area contributed by atoms with Crippen LogP contribution in [0.3, 0.4) is 0 Å². The van der Waals surface area contributed by atoms with Gasteiger partial charge < -0.3 is 11.1 Å². The summed E-state index contributed by atoms with van der Waals surface area (Å²) in [7, 11) is 0. The van der Waals surface area contributed by atoms with Crippen LogP contribution in [0, 0.1) is 13.8 Å². The van der Waals surface area contributed by atoms with Gasteiger partial charge >= 0.3 is 0 Å². The summed E-state index contributed by atoms with van der Waals surface area (Å²) < 4.78 is 0. The highest BCUT2D eigenvalue weighted by atomic mass is 35.5. The molecule has 1 amide bonds. The normalized spacial score (nSPS) is 10.2. The highest BCUT2D eigenvalue weighted by Gasteiger charge is 2.11. The molecule has 5 heteroatoms. The number of amides is 1. The third-order valence-corrected chi connectivity index (χ3v) is 3.68. The molecule has 0 aliphatic rings. The quantitative estimate of drug-likeness (QED) is 0.845. The minimum atomic E-state index is -0.197. The van der Waals surface area contributed by atoms with Crippen LogP contribution in [0.2, 0.25) is 5.02 Å². The van der Waals surface area contributed by atoms with Crippen molar-refractivity contribution in [2.24, 2.45) is 5.73 Å². The summed E-state index contributed by atoms with van der Waals surface area (Å²) in [5.74, 6) is -0.197. The van der Waals surface area contributed by atoms with Crippen LogP contribution >= 0.6 is 23.8 Å². The molecule has 0 spiro atoms. The molecule has 108 valence electrons. The van der Waals surface area contributed by atoms with Gasteiger partial charge in [0, 0.05) is 11.1 Å².